The van der Waals surface area contributed by atoms with E-state index in [9.17, 15) is 4.79 Å². The maximum Gasteiger partial charge on any atom is 0.233 e. The van der Waals surface area contributed by atoms with Crippen LogP contribution in [0, 0.1) is 5.92 Å². The molecule has 29 heavy (non-hydrogen) atoms. The molecule has 3 nitrogen and oxygen atoms in total. The molecule has 0 spiro atoms. The Morgan fingerprint density at radius 3 is 2.28 bits per heavy atom. The van der Waals surface area contributed by atoms with Crippen LogP contribution in [-0.4, -0.2) is 13.0 Å². The molecule has 0 radical (unpaired) electrons. The van der Waals surface area contributed by atoms with Crippen molar-refractivity contribution in [2.45, 2.75) is 25.3 Å². The summed E-state index contributed by atoms with van der Waals surface area (Å²) in [6.07, 6.45) is 2.89. The van der Waals surface area contributed by atoms with Gasteiger partial charge in [0.2, 0.25) is 5.91 Å². The predicted octanol–water partition coefficient (Wildman–Crippen LogP) is 6.18. The first-order chi connectivity index (χ1) is 14.2. The van der Waals surface area contributed by atoms with Crippen molar-refractivity contribution in [1.82, 2.24) is 0 Å². The van der Waals surface area contributed by atoms with E-state index in [1.807, 2.05) is 47.4 Å². The number of benzene rings is 3. The van der Waals surface area contributed by atoms with E-state index in [4.69, 9.17) is 4.74 Å². The molecule has 2 atom stereocenters. The van der Waals surface area contributed by atoms with Crippen molar-refractivity contribution in [2.24, 2.45) is 5.92 Å². The summed E-state index contributed by atoms with van der Waals surface area (Å²) in [5, 5.41) is 0. The highest BCUT2D eigenvalue weighted by Crippen LogP contribution is 2.46. The molecule has 0 aliphatic carbocycles. The van der Waals surface area contributed by atoms with Crippen molar-refractivity contribution in [3.05, 3.63) is 94.5 Å². The lowest BCUT2D eigenvalue weighted by Crippen LogP contribution is -2.55. The first-order valence-electron chi connectivity index (χ1n) is 9.94. The van der Waals surface area contributed by atoms with Gasteiger partial charge in [-0.25, -0.2) is 0 Å². The van der Waals surface area contributed by atoms with Gasteiger partial charge in [0, 0.05) is 10.2 Å². The average Bonchev–Trinajstić information content (AvgIpc) is 2.77. The van der Waals surface area contributed by atoms with Gasteiger partial charge in [0.1, 0.15) is 5.75 Å². The minimum absolute atomic E-state index is 0.0157. The van der Waals surface area contributed by atoms with Crippen molar-refractivity contribution >= 4 is 27.5 Å². The highest BCUT2D eigenvalue weighted by atomic mass is 79.9. The second kappa shape index (κ2) is 8.83. The molecule has 0 aromatic heterocycles. The Hall–Kier alpha value is -2.59. The predicted molar refractivity (Wildman–Crippen MR) is 120 cm³/mol. The Morgan fingerprint density at radius 2 is 1.62 bits per heavy atom. The van der Waals surface area contributed by atoms with Crippen molar-refractivity contribution in [3.63, 3.8) is 0 Å². The molecule has 2 unspecified atom stereocenters. The van der Waals surface area contributed by atoms with Crippen molar-refractivity contribution in [1.29, 1.82) is 0 Å². The maximum absolute atomic E-state index is 13.1. The molecule has 0 saturated carbocycles. The van der Waals surface area contributed by atoms with Crippen LogP contribution in [0.15, 0.2) is 83.3 Å². The van der Waals surface area contributed by atoms with E-state index in [1.165, 1.54) is 11.1 Å². The van der Waals surface area contributed by atoms with E-state index in [-0.39, 0.29) is 17.9 Å². The second-order valence-electron chi connectivity index (χ2n) is 7.39. The van der Waals surface area contributed by atoms with Gasteiger partial charge < -0.3 is 9.64 Å². The first-order valence-corrected chi connectivity index (χ1v) is 10.7. The number of carbonyl (C=O) groups excluding carboxylic acids is 1. The third kappa shape index (κ3) is 4.23. The molecular weight excluding hydrogens is 426 g/mol. The largest absolute Gasteiger partial charge is 0.497 e. The third-order valence-electron chi connectivity index (χ3n) is 5.60. The van der Waals surface area contributed by atoms with Crippen molar-refractivity contribution < 1.29 is 9.53 Å². The molecular formula is C25H24BrNO2. The summed E-state index contributed by atoms with van der Waals surface area (Å²) in [6, 6.07) is 26.6. The Balaban J connectivity index is 1.53. The topological polar surface area (TPSA) is 29.5 Å². The van der Waals surface area contributed by atoms with Crippen LogP contribution in [0.4, 0.5) is 5.69 Å². The van der Waals surface area contributed by atoms with Gasteiger partial charge in [0.25, 0.3) is 0 Å². The van der Waals surface area contributed by atoms with Gasteiger partial charge in [0.05, 0.1) is 19.1 Å². The third-order valence-corrected chi connectivity index (χ3v) is 6.13. The fourth-order valence-electron chi connectivity index (χ4n) is 4.07. The maximum atomic E-state index is 13.1. The zero-order valence-electron chi connectivity index (χ0n) is 16.4. The lowest BCUT2D eigenvalue weighted by molar-refractivity contribution is -0.130. The lowest BCUT2D eigenvalue weighted by atomic mass is 9.78. The number of anilines is 1. The number of β-lactam (4-membered cyclic amide) rings is 1. The van der Waals surface area contributed by atoms with E-state index < -0.39 is 0 Å². The van der Waals surface area contributed by atoms with Crippen molar-refractivity contribution in [2.75, 3.05) is 12.0 Å². The highest BCUT2D eigenvalue weighted by molar-refractivity contribution is 9.10. The summed E-state index contributed by atoms with van der Waals surface area (Å²) < 4.78 is 6.30. The summed E-state index contributed by atoms with van der Waals surface area (Å²) in [5.41, 5.74) is 3.42. The number of amides is 1. The summed E-state index contributed by atoms with van der Waals surface area (Å²) >= 11 is 3.51. The SMILES string of the molecule is COc1ccc(N2C(=O)C(CCCc3ccccc3)C2c2ccc(Br)cc2)cc1. The summed E-state index contributed by atoms with van der Waals surface area (Å²) in [4.78, 5) is 15.0. The Bertz CT molecular complexity index is 954. The van der Waals surface area contributed by atoms with Gasteiger partial charge in [-0.3, -0.25) is 4.79 Å². The number of ether oxygens (including phenoxy) is 1. The molecule has 3 aromatic carbocycles. The van der Waals surface area contributed by atoms with Gasteiger partial charge >= 0.3 is 0 Å². The molecule has 0 N–H and O–H groups in total. The minimum atomic E-state index is 0.0157. The molecule has 1 amide bonds. The van der Waals surface area contributed by atoms with Crippen LogP contribution < -0.4 is 9.64 Å². The zero-order valence-corrected chi connectivity index (χ0v) is 18.0. The molecule has 1 aliphatic heterocycles. The van der Waals surface area contributed by atoms with Crippen LogP contribution in [0.1, 0.15) is 30.0 Å². The molecule has 1 heterocycles. The molecule has 1 aliphatic rings. The molecule has 0 bridgehead atoms. The van der Waals surface area contributed by atoms with E-state index in [1.54, 1.807) is 7.11 Å². The van der Waals surface area contributed by atoms with E-state index in [2.05, 4.69) is 52.3 Å². The smallest absolute Gasteiger partial charge is 0.233 e. The van der Waals surface area contributed by atoms with Crippen LogP contribution in [0.5, 0.6) is 5.75 Å². The standard InChI is InChI=1S/C25H24BrNO2/c1-29-22-16-14-21(15-17-22)27-24(19-10-12-20(26)13-11-19)23(25(27)28)9-5-8-18-6-3-2-4-7-18/h2-4,6-7,10-17,23-24H,5,8-9H2,1H3. The van der Waals surface area contributed by atoms with Crippen LogP contribution >= 0.6 is 15.9 Å². The number of methoxy groups -OCH3 is 1. The van der Waals surface area contributed by atoms with Crippen LogP contribution in [-0.2, 0) is 11.2 Å². The fourth-order valence-corrected chi connectivity index (χ4v) is 4.34. The van der Waals surface area contributed by atoms with Gasteiger partial charge in [-0.15, -0.1) is 0 Å². The summed E-state index contributed by atoms with van der Waals surface area (Å²) in [5.74, 6) is 1.01. The normalized spacial score (nSPS) is 18.4. The Morgan fingerprint density at radius 1 is 0.931 bits per heavy atom. The molecule has 4 heteroatoms. The quantitative estimate of drug-likeness (QED) is 0.402. The summed E-state index contributed by atoms with van der Waals surface area (Å²) in [6.45, 7) is 0. The molecule has 1 saturated heterocycles. The fraction of sp³-hybridized carbons (Fsp3) is 0.240. The van der Waals surface area contributed by atoms with Crippen LogP contribution in [0.3, 0.4) is 0 Å². The number of halogens is 1. The van der Waals surface area contributed by atoms with Gasteiger partial charge in [0.15, 0.2) is 0 Å². The zero-order chi connectivity index (χ0) is 20.2. The average molecular weight is 450 g/mol. The number of hydrogen-bond donors (Lipinski definition) is 0. The lowest BCUT2D eigenvalue weighted by Gasteiger charge is -2.47. The Labute approximate surface area is 180 Å². The first kappa shape index (κ1) is 19.7. The second-order valence-corrected chi connectivity index (χ2v) is 8.30. The van der Waals surface area contributed by atoms with Crippen LogP contribution in [0.2, 0.25) is 0 Å². The number of carbonyl (C=O) groups is 1. The minimum Gasteiger partial charge on any atom is -0.497 e. The van der Waals surface area contributed by atoms with Crippen LogP contribution in [0.25, 0.3) is 0 Å². The molecule has 4 rings (SSSR count). The monoisotopic (exact) mass is 449 g/mol. The number of rotatable bonds is 7. The van der Waals surface area contributed by atoms with E-state index in [0.29, 0.717) is 0 Å². The van der Waals surface area contributed by atoms with Crippen molar-refractivity contribution in [3.8, 4) is 5.75 Å². The van der Waals surface area contributed by atoms with Gasteiger partial charge in [-0.2, -0.15) is 0 Å². The number of nitrogens with zero attached hydrogens (tertiary/aromatic N) is 1. The van der Waals surface area contributed by atoms with Gasteiger partial charge in [-0.05, 0) is 66.8 Å². The molecule has 148 valence electrons. The van der Waals surface area contributed by atoms with Gasteiger partial charge in [-0.1, -0.05) is 58.4 Å². The number of aryl methyl sites for hydroxylation is 1. The molecule has 3 aromatic rings. The van der Waals surface area contributed by atoms with E-state index in [0.717, 1.165) is 35.2 Å². The Kier molecular flexibility index (Phi) is 6.00. The number of hydrogen-bond acceptors (Lipinski definition) is 2. The van der Waals surface area contributed by atoms with E-state index >= 15 is 0 Å². The highest BCUT2D eigenvalue weighted by Gasteiger charge is 2.48. The summed E-state index contributed by atoms with van der Waals surface area (Å²) in [7, 11) is 1.65. The molecule has 1 fully saturated rings.